The molecule has 0 saturated carbocycles. The van der Waals surface area contributed by atoms with Crippen molar-refractivity contribution in [1.82, 2.24) is 14.9 Å². The second kappa shape index (κ2) is 5.82. The Labute approximate surface area is 147 Å². The highest BCUT2D eigenvalue weighted by molar-refractivity contribution is 7.15. The van der Waals surface area contributed by atoms with Crippen LogP contribution in [0, 0.1) is 5.82 Å². The summed E-state index contributed by atoms with van der Waals surface area (Å²) in [6.07, 6.45) is -0.0954. The number of H-pyrrole nitrogens is 1. The summed E-state index contributed by atoms with van der Waals surface area (Å²) in [5.41, 5.74) is 7.82. The molecule has 1 aliphatic heterocycles. The van der Waals surface area contributed by atoms with E-state index >= 15 is 0 Å². The number of aromatic amines is 1. The number of aliphatic hydroxyl groups excluding tert-OH is 1. The summed E-state index contributed by atoms with van der Waals surface area (Å²) in [6.45, 7) is 2.60. The van der Waals surface area contributed by atoms with Gasteiger partial charge in [-0.1, -0.05) is 6.07 Å². The van der Waals surface area contributed by atoms with Gasteiger partial charge in [-0.3, -0.25) is 4.79 Å². The van der Waals surface area contributed by atoms with Crippen molar-refractivity contribution in [2.45, 2.75) is 26.0 Å². The van der Waals surface area contributed by atoms with Crippen LogP contribution in [0.5, 0.6) is 0 Å². The number of carbonyl (C=O) groups is 1. The molecule has 2 aromatic heterocycles. The van der Waals surface area contributed by atoms with Crippen molar-refractivity contribution >= 4 is 33.3 Å². The standard InChI is InChI=1S/C17H17FN4O2S/c1-8(23)9-2-3-11(18)15-10(9)6-13(20-15)16(24)22-5-4-12-14(7-22)25-17(19)21-12/h2-3,6,8,20,23H,4-5,7H2,1H3,(H2,19,21). The molecule has 25 heavy (non-hydrogen) atoms. The number of aromatic nitrogens is 2. The van der Waals surface area contributed by atoms with Crippen molar-refractivity contribution in [2.24, 2.45) is 0 Å². The summed E-state index contributed by atoms with van der Waals surface area (Å²) >= 11 is 1.39. The lowest BCUT2D eigenvalue weighted by Gasteiger charge is -2.25. The molecule has 4 rings (SSSR count). The van der Waals surface area contributed by atoms with Crippen molar-refractivity contribution in [3.63, 3.8) is 0 Å². The lowest BCUT2D eigenvalue weighted by molar-refractivity contribution is 0.0731. The molecule has 0 aliphatic carbocycles. The van der Waals surface area contributed by atoms with E-state index in [0.717, 1.165) is 10.6 Å². The maximum Gasteiger partial charge on any atom is 0.270 e. The molecule has 1 unspecified atom stereocenters. The molecule has 0 fully saturated rings. The van der Waals surface area contributed by atoms with Gasteiger partial charge in [-0.15, -0.1) is 11.3 Å². The van der Waals surface area contributed by atoms with Crippen LogP contribution in [0.2, 0.25) is 0 Å². The van der Waals surface area contributed by atoms with Crippen molar-refractivity contribution < 1.29 is 14.3 Å². The fourth-order valence-corrected chi connectivity index (χ4v) is 4.14. The van der Waals surface area contributed by atoms with Gasteiger partial charge in [0.15, 0.2) is 5.13 Å². The summed E-state index contributed by atoms with van der Waals surface area (Å²) in [5.74, 6) is -0.653. The van der Waals surface area contributed by atoms with Gasteiger partial charge >= 0.3 is 0 Å². The van der Waals surface area contributed by atoms with Crippen LogP contribution in [0.25, 0.3) is 10.9 Å². The largest absolute Gasteiger partial charge is 0.389 e. The third-order valence-corrected chi connectivity index (χ3v) is 5.40. The minimum absolute atomic E-state index is 0.204. The number of hydrogen-bond acceptors (Lipinski definition) is 5. The minimum Gasteiger partial charge on any atom is -0.389 e. The molecule has 130 valence electrons. The number of carbonyl (C=O) groups excluding carboxylic acids is 1. The van der Waals surface area contributed by atoms with E-state index in [1.165, 1.54) is 23.5 Å². The predicted octanol–water partition coefficient (Wildman–Crippen LogP) is 2.60. The van der Waals surface area contributed by atoms with Gasteiger partial charge in [0.05, 0.1) is 23.9 Å². The van der Waals surface area contributed by atoms with E-state index in [-0.39, 0.29) is 11.4 Å². The Morgan fingerprint density at radius 2 is 2.32 bits per heavy atom. The van der Waals surface area contributed by atoms with E-state index in [1.54, 1.807) is 17.9 Å². The van der Waals surface area contributed by atoms with Gasteiger partial charge in [-0.25, -0.2) is 9.37 Å². The first-order valence-corrected chi connectivity index (χ1v) is 8.78. The molecule has 8 heteroatoms. The van der Waals surface area contributed by atoms with Crippen LogP contribution in [0.4, 0.5) is 9.52 Å². The SMILES string of the molecule is CC(O)c1ccc(F)c2[nH]c(C(=O)N3CCc4nc(N)sc4C3)cc12. The Hall–Kier alpha value is -2.45. The second-order valence-corrected chi connectivity index (χ2v) is 7.30. The van der Waals surface area contributed by atoms with E-state index in [2.05, 4.69) is 9.97 Å². The van der Waals surface area contributed by atoms with E-state index in [0.29, 0.717) is 41.3 Å². The van der Waals surface area contributed by atoms with Crippen molar-refractivity contribution in [1.29, 1.82) is 0 Å². The van der Waals surface area contributed by atoms with Crippen LogP contribution >= 0.6 is 11.3 Å². The smallest absolute Gasteiger partial charge is 0.270 e. The molecular weight excluding hydrogens is 343 g/mol. The summed E-state index contributed by atoms with van der Waals surface area (Å²) in [6, 6.07) is 4.44. The number of nitrogens with two attached hydrogens (primary N) is 1. The molecule has 0 bridgehead atoms. The quantitative estimate of drug-likeness (QED) is 0.655. The zero-order chi connectivity index (χ0) is 17.7. The van der Waals surface area contributed by atoms with Crippen LogP contribution in [0.15, 0.2) is 18.2 Å². The summed E-state index contributed by atoms with van der Waals surface area (Å²) in [4.78, 5) is 22.7. The average molecular weight is 360 g/mol. The van der Waals surface area contributed by atoms with Gasteiger partial charge in [0.25, 0.3) is 5.91 Å². The van der Waals surface area contributed by atoms with Crippen LogP contribution in [0.3, 0.4) is 0 Å². The molecular formula is C17H17FN4O2S. The maximum atomic E-state index is 14.1. The number of amides is 1. The van der Waals surface area contributed by atoms with Crippen LogP contribution in [0.1, 0.15) is 39.7 Å². The summed E-state index contributed by atoms with van der Waals surface area (Å²) in [7, 11) is 0. The number of aliphatic hydroxyl groups is 1. The van der Waals surface area contributed by atoms with Crippen molar-refractivity contribution in [3.05, 3.63) is 45.8 Å². The predicted molar refractivity (Wildman–Crippen MR) is 93.9 cm³/mol. The zero-order valence-electron chi connectivity index (χ0n) is 13.5. The second-order valence-electron chi connectivity index (χ2n) is 6.18. The number of nitrogens with zero attached hydrogens (tertiary/aromatic N) is 2. The van der Waals surface area contributed by atoms with Gasteiger partial charge in [0.1, 0.15) is 11.5 Å². The number of fused-ring (bicyclic) bond motifs is 2. The van der Waals surface area contributed by atoms with Crippen LogP contribution in [-0.4, -0.2) is 32.4 Å². The molecule has 3 aromatic rings. The van der Waals surface area contributed by atoms with Crippen LogP contribution in [-0.2, 0) is 13.0 Å². The first-order valence-electron chi connectivity index (χ1n) is 7.96. The fourth-order valence-electron chi connectivity index (χ4n) is 3.25. The monoisotopic (exact) mass is 360 g/mol. The van der Waals surface area contributed by atoms with E-state index in [9.17, 15) is 14.3 Å². The van der Waals surface area contributed by atoms with Crippen molar-refractivity contribution in [3.8, 4) is 0 Å². The Kier molecular flexibility index (Phi) is 3.73. The number of hydrogen-bond donors (Lipinski definition) is 3. The molecule has 1 atom stereocenters. The lowest BCUT2D eigenvalue weighted by Crippen LogP contribution is -2.35. The first kappa shape index (κ1) is 16.0. The molecule has 1 aliphatic rings. The minimum atomic E-state index is -0.750. The Balaban J connectivity index is 1.69. The van der Waals surface area contributed by atoms with Gasteiger partial charge in [-0.2, -0.15) is 0 Å². The molecule has 6 nitrogen and oxygen atoms in total. The number of nitrogens with one attached hydrogen (secondary N) is 1. The Morgan fingerprint density at radius 1 is 1.52 bits per heavy atom. The topological polar surface area (TPSA) is 95.2 Å². The fraction of sp³-hybridized carbons (Fsp3) is 0.294. The number of halogens is 1. The molecule has 0 saturated heterocycles. The normalized spacial score (nSPS) is 15.4. The summed E-state index contributed by atoms with van der Waals surface area (Å²) in [5, 5.41) is 10.9. The number of thiazole rings is 1. The zero-order valence-corrected chi connectivity index (χ0v) is 14.4. The molecule has 1 aromatic carbocycles. The molecule has 1 amide bonds. The molecule has 3 heterocycles. The van der Waals surface area contributed by atoms with Gasteiger partial charge < -0.3 is 20.7 Å². The highest BCUT2D eigenvalue weighted by Gasteiger charge is 2.26. The lowest BCUT2D eigenvalue weighted by atomic mass is 10.1. The number of nitrogen functional groups attached to an aromatic ring is 1. The first-order chi connectivity index (χ1) is 11.9. The van der Waals surface area contributed by atoms with E-state index in [1.807, 2.05) is 0 Å². The Bertz CT molecular complexity index is 979. The highest BCUT2D eigenvalue weighted by Crippen LogP contribution is 2.30. The van der Waals surface area contributed by atoms with E-state index < -0.39 is 11.9 Å². The molecule has 0 spiro atoms. The Morgan fingerprint density at radius 3 is 3.08 bits per heavy atom. The number of rotatable bonds is 2. The number of benzene rings is 1. The summed E-state index contributed by atoms with van der Waals surface area (Å²) < 4.78 is 14.1. The molecule has 0 radical (unpaired) electrons. The van der Waals surface area contributed by atoms with E-state index in [4.69, 9.17) is 5.73 Å². The number of anilines is 1. The highest BCUT2D eigenvalue weighted by atomic mass is 32.1. The van der Waals surface area contributed by atoms with Gasteiger partial charge in [0.2, 0.25) is 0 Å². The third kappa shape index (κ3) is 2.67. The average Bonchev–Trinajstić information content (AvgIpc) is 3.16. The van der Waals surface area contributed by atoms with Crippen LogP contribution < -0.4 is 5.73 Å². The molecule has 4 N–H and O–H groups in total. The third-order valence-electron chi connectivity index (χ3n) is 4.49. The maximum absolute atomic E-state index is 14.1. The van der Waals surface area contributed by atoms with Gasteiger partial charge in [-0.05, 0) is 24.6 Å². The van der Waals surface area contributed by atoms with Gasteiger partial charge in [0, 0.05) is 23.2 Å². The van der Waals surface area contributed by atoms with Crippen molar-refractivity contribution in [2.75, 3.05) is 12.3 Å².